The van der Waals surface area contributed by atoms with Gasteiger partial charge < -0.3 is 10.2 Å². The predicted octanol–water partition coefficient (Wildman–Crippen LogP) is 3.95. The summed E-state index contributed by atoms with van der Waals surface area (Å²) in [5.41, 5.74) is 1.84. The fourth-order valence-corrected chi connectivity index (χ4v) is 3.71. The number of nitrogens with one attached hydrogen (secondary N) is 2. The number of carbonyl (C=O) groups excluding carboxylic acids is 1. The molecule has 0 spiro atoms. The molecule has 2 N–H and O–H groups in total. The first kappa shape index (κ1) is 19.4. The van der Waals surface area contributed by atoms with Crippen LogP contribution in [0.1, 0.15) is 12.0 Å². The van der Waals surface area contributed by atoms with Crippen molar-refractivity contribution in [2.45, 2.75) is 18.9 Å². The Morgan fingerprint density at radius 3 is 2.79 bits per heavy atom. The van der Waals surface area contributed by atoms with Gasteiger partial charge in [-0.2, -0.15) is 5.10 Å². The van der Waals surface area contributed by atoms with E-state index in [9.17, 15) is 13.6 Å². The van der Waals surface area contributed by atoms with Gasteiger partial charge in [0.2, 0.25) is 5.91 Å². The average molecular weight is 417 g/mol. The maximum absolute atomic E-state index is 13.9. The van der Waals surface area contributed by atoms with E-state index in [1.54, 1.807) is 18.2 Å². The van der Waals surface area contributed by atoms with Gasteiger partial charge in [-0.25, -0.2) is 8.78 Å². The molecule has 8 heteroatoms. The second-order valence-corrected chi connectivity index (χ2v) is 7.43. The number of benzene rings is 2. The second kappa shape index (κ2) is 8.21. The molecule has 0 bridgehead atoms. The molecule has 0 aliphatic carbocycles. The van der Waals surface area contributed by atoms with Crippen molar-refractivity contribution in [3.63, 3.8) is 0 Å². The summed E-state index contributed by atoms with van der Waals surface area (Å²) < 4.78 is 27.0. The van der Waals surface area contributed by atoms with Crippen molar-refractivity contribution in [1.82, 2.24) is 15.5 Å². The van der Waals surface area contributed by atoms with Crippen molar-refractivity contribution in [3.05, 3.63) is 70.8 Å². The zero-order valence-electron chi connectivity index (χ0n) is 15.5. The van der Waals surface area contributed by atoms with Gasteiger partial charge in [0.15, 0.2) is 5.82 Å². The van der Waals surface area contributed by atoms with E-state index < -0.39 is 5.82 Å². The predicted molar refractivity (Wildman–Crippen MR) is 108 cm³/mol. The molecule has 2 heterocycles. The molecule has 0 saturated carbocycles. The van der Waals surface area contributed by atoms with E-state index in [0.717, 1.165) is 30.0 Å². The van der Waals surface area contributed by atoms with Gasteiger partial charge in [0.25, 0.3) is 0 Å². The first-order chi connectivity index (χ1) is 14.0. The van der Waals surface area contributed by atoms with Crippen molar-refractivity contribution in [1.29, 1.82) is 0 Å². The van der Waals surface area contributed by atoms with Crippen LogP contribution in [0.3, 0.4) is 0 Å². The lowest BCUT2D eigenvalue weighted by Crippen LogP contribution is -2.38. The van der Waals surface area contributed by atoms with E-state index in [0.29, 0.717) is 6.54 Å². The number of H-pyrrole nitrogens is 1. The van der Waals surface area contributed by atoms with Gasteiger partial charge in [0, 0.05) is 35.8 Å². The molecular formula is C21H19ClF2N4O. The van der Waals surface area contributed by atoms with E-state index >= 15 is 0 Å². The quantitative estimate of drug-likeness (QED) is 0.662. The maximum Gasteiger partial charge on any atom is 0.224 e. The number of amides is 1. The molecule has 3 aromatic rings. The average Bonchev–Trinajstić information content (AvgIpc) is 3.35. The molecule has 1 amide bonds. The molecular weight excluding hydrogens is 398 g/mol. The SMILES string of the molecule is O=C(Cc1c(F)cccc1Cl)NC1CCN(c2cc(-c3ccc(F)cc3)[nH]n2)C1. The summed E-state index contributed by atoms with van der Waals surface area (Å²) >= 11 is 5.99. The Balaban J connectivity index is 1.36. The summed E-state index contributed by atoms with van der Waals surface area (Å²) in [5, 5.41) is 10.5. The molecule has 1 fully saturated rings. The molecule has 1 aliphatic rings. The lowest BCUT2D eigenvalue weighted by molar-refractivity contribution is -0.121. The third-order valence-electron chi connectivity index (χ3n) is 5.00. The number of hydrogen-bond acceptors (Lipinski definition) is 3. The molecule has 1 unspecified atom stereocenters. The van der Waals surface area contributed by atoms with Gasteiger partial charge in [0.1, 0.15) is 11.6 Å². The minimum Gasteiger partial charge on any atom is -0.353 e. The first-order valence-corrected chi connectivity index (χ1v) is 9.66. The number of aromatic amines is 1. The van der Waals surface area contributed by atoms with Gasteiger partial charge >= 0.3 is 0 Å². The highest BCUT2D eigenvalue weighted by atomic mass is 35.5. The normalized spacial score (nSPS) is 16.2. The van der Waals surface area contributed by atoms with E-state index in [-0.39, 0.29) is 34.8 Å². The van der Waals surface area contributed by atoms with Crippen LogP contribution in [-0.4, -0.2) is 35.2 Å². The molecule has 0 radical (unpaired) electrons. The molecule has 5 nitrogen and oxygen atoms in total. The van der Waals surface area contributed by atoms with Gasteiger partial charge in [-0.15, -0.1) is 0 Å². The van der Waals surface area contributed by atoms with Crippen LogP contribution in [0.15, 0.2) is 48.5 Å². The Morgan fingerprint density at radius 2 is 2.03 bits per heavy atom. The topological polar surface area (TPSA) is 61.0 Å². The Morgan fingerprint density at radius 1 is 1.24 bits per heavy atom. The minimum atomic E-state index is -0.481. The summed E-state index contributed by atoms with van der Waals surface area (Å²) in [6.07, 6.45) is 0.661. The van der Waals surface area contributed by atoms with Crippen LogP contribution >= 0.6 is 11.6 Å². The van der Waals surface area contributed by atoms with Crippen LogP contribution in [0.25, 0.3) is 11.3 Å². The molecule has 1 aromatic heterocycles. The number of rotatable bonds is 5. The van der Waals surface area contributed by atoms with Crippen LogP contribution in [0.2, 0.25) is 5.02 Å². The van der Waals surface area contributed by atoms with Crippen molar-refractivity contribution in [2.75, 3.05) is 18.0 Å². The van der Waals surface area contributed by atoms with E-state index in [2.05, 4.69) is 20.4 Å². The molecule has 2 aromatic carbocycles. The summed E-state index contributed by atoms with van der Waals surface area (Å²) in [7, 11) is 0. The second-order valence-electron chi connectivity index (χ2n) is 7.02. The fraction of sp³-hybridized carbons (Fsp3) is 0.238. The highest BCUT2D eigenvalue weighted by Gasteiger charge is 2.26. The van der Waals surface area contributed by atoms with Gasteiger partial charge in [0.05, 0.1) is 12.1 Å². The molecule has 4 rings (SSSR count). The molecule has 29 heavy (non-hydrogen) atoms. The highest BCUT2D eigenvalue weighted by molar-refractivity contribution is 6.31. The third kappa shape index (κ3) is 4.40. The van der Waals surface area contributed by atoms with Gasteiger partial charge in [-0.1, -0.05) is 17.7 Å². The standard InChI is InChI=1S/C21H19ClF2N4O/c22-17-2-1-3-18(24)16(17)10-21(29)25-15-8-9-28(12-15)20-11-19(26-27-20)13-4-6-14(23)7-5-13/h1-7,11,15H,8-10,12H2,(H,25,29)(H,26,27). The van der Waals surface area contributed by atoms with Crippen LogP contribution in [0, 0.1) is 11.6 Å². The van der Waals surface area contributed by atoms with Crippen LogP contribution in [-0.2, 0) is 11.2 Å². The van der Waals surface area contributed by atoms with Crippen LogP contribution < -0.4 is 10.2 Å². The first-order valence-electron chi connectivity index (χ1n) is 9.28. The molecule has 1 saturated heterocycles. The number of carbonyl (C=O) groups is 1. The number of hydrogen-bond donors (Lipinski definition) is 2. The zero-order chi connectivity index (χ0) is 20.4. The largest absolute Gasteiger partial charge is 0.353 e. The van der Waals surface area contributed by atoms with Gasteiger partial charge in [-0.05, 0) is 48.4 Å². The summed E-state index contributed by atoms with van der Waals surface area (Å²) in [4.78, 5) is 14.4. The molecule has 1 aliphatic heterocycles. The smallest absolute Gasteiger partial charge is 0.224 e. The Bertz CT molecular complexity index is 1000. The fourth-order valence-electron chi connectivity index (χ4n) is 3.48. The van der Waals surface area contributed by atoms with Crippen molar-refractivity contribution in [3.8, 4) is 11.3 Å². The third-order valence-corrected chi connectivity index (χ3v) is 5.35. The van der Waals surface area contributed by atoms with Crippen molar-refractivity contribution in [2.24, 2.45) is 0 Å². The zero-order valence-corrected chi connectivity index (χ0v) is 16.2. The van der Waals surface area contributed by atoms with E-state index in [1.165, 1.54) is 24.3 Å². The Labute approximate surface area is 171 Å². The lowest BCUT2D eigenvalue weighted by atomic mass is 10.1. The van der Waals surface area contributed by atoms with Crippen molar-refractivity contribution < 1.29 is 13.6 Å². The molecule has 150 valence electrons. The maximum atomic E-state index is 13.9. The Hall–Kier alpha value is -2.93. The number of anilines is 1. The lowest BCUT2D eigenvalue weighted by Gasteiger charge is -2.16. The summed E-state index contributed by atoms with van der Waals surface area (Å²) in [6, 6.07) is 12.4. The van der Waals surface area contributed by atoms with Crippen molar-refractivity contribution >= 4 is 23.3 Å². The number of aromatic nitrogens is 2. The number of nitrogens with zero attached hydrogens (tertiary/aromatic N) is 2. The highest BCUT2D eigenvalue weighted by Crippen LogP contribution is 2.25. The molecule has 1 atom stereocenters. The monoisotopic (exact) mass is 416 g/mol. The van der Waals surface area contributed by atoms with E-state index in [1.807, 2.05) is 6.07 Å². The van der Waals surface area contributed by atoms with E-state index in [4.69, 9.17) is 11.6 Å². The van der Waals surface area contributed by atoms with Crippen LogP contribution in [0.4, 0.5) is 14.6 Å². The minimum absolute atomic E-state index is 0.0565. The summed E-state index contributed by atoms with van der Waals surface area (Å²) in [6.45, 7) is 1.34. The van der Waals surface area contributed by atoms with Crippen LogP contribution in [0.5, 0.6) is 0 Å². The number of halogens is 3. The van der Waals surface area contributed by atoms with Gasteiger partial charge in [-0.3, -0.25) is 9.89 Å². The summed E-state index contributed by atoms with van der Waals surface area (Å²) in [5.74, 6) is -0.273. The Kier molecular flexibility index (Phi) is 5.49.